The van der Waals surface area contributed by atoms with E-state index in [0.29, 0.717) is 5.02 Å². The second-order valence-electron chi connectivity index (χ2n) is 4.18. The number of nitro groups is 1. The van der Waals surface area contributed by atoms with Gasteiger partial charge in [-0.05, 0) is 24.3 Å². The molecule has 0 aliphatic carbocycles. The molecule has 1 amide bonds. The number of hydrogen-bond acceptors (Lipinski definition) is 5. The first kappa shape index (κ1) is 16.5. The van der Waals surface area contributed by atoms with Gasteiger partial charge in [-0.15, -0.1) is 0 Å². The molecule has 2 aromatic rings. The van der Waals surface area contributed by atoms with Crippen LogP contribution in [0.2, 0.25) is 10.0 Å². The first-order valence-corrected chi connectivity index (χ1v) is 6.78. The van der Waals surface area contributed by atoms with Crippen LogP contribution >= 0.6 is 23.2 Å². The van der Waals surface area contributed by atoms with E-state index in [2.05, 4.69) is 5.32 Å². The average Bonchev–Trinajstić information content (AvgIpc) is 2.97. The number of anilines is 1. The zero-order valence-electron chi connectivity index (χ0n) is 11.2. The smallest absolute Gasteiger partial charge is 0.401 e. The van der Waals surface area contributed by atoms with Crippen molar-refractivity contribution in [1.82, 2.24) is 0 Å². The largest absolute Gasteiger partial charge is 0.433 e. The van der Waals surface area contributed by atoms with Gasteiger partial charge >= 0.3 is 5.88 Å². The lowest BCUT2D eigenvalue weighted by atomic mass is 10.2. The van der Waals surface area contributed by atoms with E-state index in [1.54, 1.807) is 12.1 Å². The monoisotopic (exact) mass is 351 g/mol. The number of furan rings is 1. The molecule has 0 unspecified atom stereocenters. The minimum atomic E-state index is -0.754. The first-order valence-electron chi connectivity index (χ1n) is 6.03. The quantitative estimate of drug-likeness (QED) is 0.386. The highest BCUT2D eigenvalue weighted by atomic mass is 35.5. The molecule has 0 spiro atoms. The predicted octanol–water partition coefficient (Wildman–Crippen LogP) is 4.04. The second-order valence-corrected chi connectivity index (χ2v) is 5.02. The Labute approximate surface area is 139 Å². The highest BCUT2D eigenvalue weighted by Gasteiger charge is 2.15. The summed E-state index contributed by atoms with van der Waals surface area (Å²) in [4.78, 5) is 21.9. The molecule has 0 saturated carbocycles. The summed E-state index contributed by atoms with van der Waals surface area (Å²) in [6.07, 6.45) is 1.08. The van der Waals surface area contributed by atoms with Crippen LogP contribution in [0.1, 0.15) is 5.76 Å². The average molecular weight is 352 g/mol. The van der Waals surface area contributed by atoms with E-state index < -0.39 is 16.7 Å². The van der Waals surface area contributed by atoms with E-state index >= 15 is 0 Å². The summed E-state index contributed by atoms with van der Waals surface area (Å²) in [6.45, 7) is 0. The Morgan fingerprint density at radius 2 is 2.09 bits per heavy atom. The summed E-state index contributed by atoms with van der Waals surface area (Å²) < 4.78 is 4.87. The topological polar surface area (TPSA) is 109 Å². The number of amides is 1. The third-order valence-electron chi connectivity index (χ3n) is 2.62. The minimum Gasteiger partial charge on any atom is -0.401 e. The lowest BCUT2D eigenvalue weighted by Crippen LogP contribution is -2.13. The van der Waals surface area contributed by atoms with Crippen molar-refractivity contribution in [2.75, 3.05) is 5.32 Å². The van der Waals surface area contributed by atoms with E-state index in [9.17, 15) is 14.9 Å². The van der Waals surface area contributed by atoms with Crippen molar-refractivity contribution in [3.8, 4) is 6.07 Å². The van der Waals surface area contributed by atoms with Crippen molar-refractivity contribution in [1.29, 1.82) is 5.26 Å². The van der Waals surface area contributed by atoms with Gasteiger partial charge in [0.2, 0.25) is 0 Å². The van der Waals surface area contributed by atoms with Crippen LogP contribution in [0, 0.1) is 21.4 Å². The van der Waals surface area contributed by atoms with Gasteiger partial charge in [0, 0.05) is 11.1 Å². The van der Waals surface area contributed by atoms with Gasteiger partial charge in [0.15, 0.2) is 0 Å². The SMILES string of the molecule is N#CC(=Cc1ccc([N+](=O)[O-])o1)C(=O)Nc1cc(Cl)ccc1Cl. The second kappa shape index (κ2) is 6.96. The summed E-state index contributed by atoms with van der Waals surface area (Å²) in [7, 11) is 0. The number of carbonyl (C=O) groups is 1. The van der Waals surface area contributed by atoms with Gasteiger partial charge < -0.3 is 9.73 Å². The van der Waals surface area contributed by atoms with Gasteiger partial charge in [0.25, 0.3) is 5.91 Å². The molecule has 0 saturated heterocycles. The first-order chi connectivity index (χ1) is 10.9. The fraction of sp³-hybridized carbons (Fsp3) is 0. The Kier molecular flexibility index (Phi) is 5.01. The van der Waals surface area contributed by atoms with Gasteiger partial charge in [0.05, 0.1) is 16.8 Å². The van der Waals surface area contributed by atoms with Crippen LogP contribution in [0.25, 0.3) is 6.08 Å². The van der Waals surface area contributed by atoms with Gasteiger partial charge in [0.1, 0.15) is 22.3 Å². The normalized spacial score (nSPS) is 10.9. The van der Waals surface area contributed by atoms with Crippen molar-refractivity contribution >= 4 is 46.8 Å². The van der Waals surface area contributed by atoms with Crippen LogP contribution in [0.5, 0.6) is 0 Å². The van der Waals surface area contributed by atoms with Crippen LogP contribution in [0.4, 0.5) is 11.6 Å². The highest BCUT2D eigenvalue weighted by molar-refractivity contribution is 6.36. The summed E-state index contributed by atoms with van der Waals surface area (Å²) in [5, 5.41) is 22.6. The molecule has 1 aromatic heterocycles. The van der Waals surface area contributed by atoms with E-state index in [1.807, 2.05) is 0 Å². The molecule has 0 bridgehead atoms. The Hall–Kier alpha value is -2.82. The van der Waals surface area contributed by atoms with E-state index in [-0.39, 0.29) is 22.0 Å². The fourth-order valence-corrected chi connectivity index (χ4v) is 1.93. The third kappa shape index (κ3) is 4.10. The zero-order chi connectivity index (χ0) is 17.0. The van der Waals surface area contributed by atoms with Crippen LogP contribution in [-0.2, 0) is 4.79 Å². The molecule has 1 aromatic carbocycles. The molecular weight excluding hydrogens is 345 g/mol. The van der Waals surface area contributed by atoms with Gasteiger partial charge in [-0.3, -0.25) is 14.9 Å². The molecule has 0 atom stereocenters. The summed E-state index contributed by atoms with van der Waals surface area (Å²) in [5.41, 5.74) is -0.0824. The lowest BCUT2D eigenvalue weighted by molar-refractivity contribution is -0.402. The van der Waals surface area contributed by atoms with Crippen molar-refractivity contribution in [2.24, 2.45) is 0 Å². The van der Waals surface area contributed by atoms with Gasteiger partial charge in [-0.25, -0.2) is 0 Å². The van der Waals surface area contributed by atoms with Crippen molar-refractivity contribution in [3.05, 3.63) is 61.8 Å². The molecule has 7 nitrogen and oxygen atoms in total. The van der Waals surface area contributed by atoms with Crippen molar-refractivity contribution in [3.63, 3.8) is 0 Å². The van der Waals surface area contributed by atoms with Gasteiger partial charge in [-0.2, -0.15) is 5.26 Å². The number of rotatable bonds is 4. The Morgan fingerprint density at radius 3 is 2.70 bits per heavy atom. The number of nitrogens with zero attached hydrogens (tertiary/aromatic N) is 2. The summed E-state index contributed by atoms with van der Waals surface area (Å²) >= 11 is 11.7. The molecule has 0 fully saturated rings. The highest BCUT2D eigenvalue weighted by Crippen LogP contribution is 2.26. The molecule has 1 N–H and O–H groups in total. The Morgan fingerprint density at radius 1 is 1.35 bits per heavy atom. The molecule has 0 radical (unpaired) electrons. The molecule has 0 aliphatic rings. The maximum absolute atomic E-state index is 12.1. The number of nitrogens with one attached hydrogen (secondary N) is 1. The van der Waals surface area contributed by atoms with Crippen molar-refractivity contribution in [2.45, 2.75) is 0 Å². The van der Waals surface area contributed by atoms with Crippen molar-refractivity contribution < 1.29 is 14.1 Å². The van der Waals surface area contributed by atoms with Crippen LogP contribution < -0.4 is 5.32 Å². The fourth-order valence-electron chi connectivity index (χ4n) is 1.59. The minimum absolute atomic E-state index is 0.000547. The molecule has 23 heavy (non-hydrogen) atoms. The molecular formula is C14H7Cl2N3O4. The standard InChI is InChI=1S/C14H7Cl2N3O4/c15-9-1-3-11(16)12(6-9)18-14(20)8(7-17)5-10-2-4-13(23-10)19(21)22/h1-6H,(H,18,20). The van der Waals surface area contributed by atoms with Crippen LogP contribution in [0.15, 0.2) is 40.3 Å². The Bertz CT molecular complexity index is 852. The number of carbonyl (C=O) groups excluding carboxylic acids is 1. The number of nitriles is 1. The number of hydrogen-bond donors (Lipinski definition) is 1. The summed E-state index contributed by atoms with van der Waals surface area (Å²) in [6, 6.07) is 8.54. The Balaban J connectivity index is 2.24. The predicted molar refractivity (Wildman–Crippen MR) is 84.0 cm³/mol. The molecule has 0 aliphatic heterocycles. The van der Waals surface area contributed by atoms with Crippen LogP contribution in [-0.4, -0.2) is 10.8 Å². The third-order valence-corrected chi connectivity index (χ3v) is 3.19. The molecule has 1 heterocycles. The summed E-state index contributed by atoms with van der Waals surface area (Å²) in [5.74, 6) is -1.25. The number of benzene rings is 1. The van der Waals surface area contributed by atoms with E-state index in [0.717, 1.165) is 12.1 Å². The molecule has 116 valence electrons. The molecule has 9 heteroatoms. The maximum Gasteiger partial charge on any atom is 0.433 e. The van der Waals surface area contributed by atoms with Crippen LogP contribution in [0.3, 0.4) is 0 Å². The maximum atomic E-state index is 12.1. The van der Waals surface area contributed by atoms with E-state index in [4.69, 9.17) is 32.9 Å². The lowest BCUT2D eigenvalue weighted by Gasteiger charge is -2.06. The molecule has 2 rings (SSSR count). The number of halogens is 2. The zero-order valence-corrected chi connectivity index (χ0v) is 12.8. The van der Waals surface area contributed by atoms with Gasteiger partial charge in [-0.1, -0.05) is 23.2 Å². The van der Waals surface area contributed by atoms with E-state index in [1.165, 1.54) is 18.2 Å².